The van der Waals surface area contributed by atoms with Crippen molar-refractivity contribution in [2.24, 2.45) is 0 Å². The molecule has 1 aromatic carbocycles. The summed E-state index contributed by atoms with van der Waals surface area (Å²) in [6.45, 7) is 6.63. The van der Waals surface area contributed by atoms with Crippen molar-refractivity contribution in [3.05, 3.63) is 46.4 Å². The summed E-state index contributed by atoms with van der Waals surface area (Å²) in [5, 5.41) is 20.1. The van der Waals surface area contributed by atoms with Crippen LogP contribution in [0.15, 0.2) is 24.3 Å². The van der Waals surface area contributed by atoms with Crippen LogP contribution >= 0.6 is 23.4 Å². The lowest BCUT2D eigenvalue weighted by atomic mass is 9.94. The fourth-order valence-corrected chi connectivity index (χ4v) is 3.90. The van der Waals surface area contributed by atoms with Gasteiger partial charge in [0, 0.05) is 21.9 Å². The number of aliphatic hydroxyl groups is 1. The molecule has 1 aliphatic heterocycles. The number of hydrogen-bond donors (Lipinski definition) is 1. The molecule has 26 heavy (non-hydrogen) atoms. The number of thioether (sulfide) groups is 1. The minimum Gasteiger partial charge on any atom is -0.382 e. The SMILES string of the molecule is CC(C)(C)c1nc(C2(O)CSC2)c2nnn(Cc3ccccc3Cl)c2n1. The van der Waals surface area contributed by atoms with Gasteiger partial charge in [-0.25, -0.2) is 14.6 Å². The van der Waals surface area contributed by atoms with Gasteiger partial charge in [-0.15, -0.1) is 5.10 Å². The summed E-state index contributed by atoms with van der Waals surface area (Å²) >= 11 is 7.98. The highest BCUT2D eigenvalue weighted by Crippen LogP contribution is 2.40. The molecule has 1 saturated heterocycles. The van der Waals surface area contributed by atoms with Crippen LogP contribution in [-0.2, 0) is 17.6 Å². The molecule has 136 valence electrons. The van der Waals surface area contributed by atoms with Gasteiger partial charge in [0.15, 0.2) is 11.2 Å². The number of fused-ring (bicyclic) bond motifs is 1. The van der Waals surface area contributed by atoms with E-state index in [9.17, 15) is 5.11 Å². The molecule has 0 spiro atoms. The molecule has 0 saturated carbocycles. The second kappa shape index (κ2) is 6.18. The van der Waals surface area contributed by atoms with Crippen molar-refractivity contribution in [2.75, 3.05) is 11.5 Å². The average molecular weight is 390 g/mol. The number of benzene rings is 1. The molecule has 1 N–H and O–H groups in total. The first-order valence-electron chi connectivity index (χ1n) is 8.44. The van der Waals surface area contributed by atoms with Crippen LogP contribution in [0.4, 0.5) is 0 Å². The fourth-order valence-electron chi connectivity index (χ4n) is 2.84. The molecular weight excluding hydrogens is 370 g/mol. The van der Waals surface area contributed by atoms with E-state index in [0.717, 1.165) is 5.56 Å². The van der Waals surface area contributed by atoms with Gasteiger partial charge in [-0.2, -0.15) is 11.8 Å². The average Bonchev–Trinajstić information content (AvgIpc) is 2.96. The van der Waals surface area contributed by atoms with Crippen LogP contribution in [0.5, 0.6) is 0 Å². The summed E-state index contributed by atoms with van der Waals surface area (Å²) in [5.41, 5.74) is 1.50. The van der Waals surface area contributed by atoms with Gasteiger partial charge in [-0.05, 0) is 11.6 Å². The van der Waals surface area contributed by atoms with Crippen molar-refractivity contribution in [3.8, 4) is 0 Å². The zero-order chi connectivity index (χ0) is 18.5. The largest absolute Gasteiger partial charge is 0.382 e. The van der Waals surface area contributed by atoms with Crippen molar-refractivity contribution in [1.29, 1.82) is 0 Å². The maximum Gasteiger partial charge on any atom is 0.182 e. The van der Waals surface area contributed by atoms with Gasteiger partial charge in [0.2, 0.25) is 0 Å². The standard InChI is InChI=1S/C18H20ClN5OS/c1-17(2,3)16-20-14(18(25)9-26-10-18)13-15(21-16)24(23-22-13)8-11-6-4-5-7-12(11)19/h4-7,25H,8-10H2,1-3H3. The second-order valence-corrected chi connectivity index (χ2v) is 9.07. The molecule has 0 radical (unpaired) electrons. The first-order valence-corrected chi connectivity index (χ1v) is 9.97. The highest BCUT2D eigenvalue weighted by atomic mass is 35.5. The highest BCUT2D eigenvalue weighted by molar-refractivity contribution is 8.00. The van der Waals surface area contributed by atoms with Gasteiger partial charge < -0.3 is 5.11 Å². The van der Waals surface area contributed by atoms with Crippen LogP contribution in [0.25, 0.3) is 11.2 Å². The monoisotopic (exact) mass is 389 g/mol. The fraction of sp³-hybridized carbons (Fsp3) is 0.444. The second-order valence-electron chi connectivity index (χ2n) is 7.68. The Kier molecular flexibility index (Phi) is 4.21. The van der Waals surface area contributed by atoms with Crippen LogP contribution < -0.4 is 0 Å². The van der Waals surface area contributed by atoms with Gasteiger partial charge in [0.05, 0.1) is 6.54 Å². The van der Waals surface area contributed by atoms with E-state index in [0.29, 0.717) is 45.8 Å². The third kappa shape index (κ3) is 2.98. The van der Waals surface area contributed by atoms with E-state index in [1.165, 1.54) is 0 Å². The van der Waals surface area contributed by atoms with Gasteiger partial charge in [-0.3, -0.25) is 0 Å². The normalized spacial score (nSPS) is 16.7. The van der Waals surface area contributed by atoms with Crippen molar-refractivity contribution in [1.82, 2.24) is 25.0 Å². The molecule has 0 aliphatic carbocycles. The van der Waals surface area contributed by atoms with Crippen molar-refractivity contribution >= 4 is 34.5 Å². The van der Waals surface area contributed by atoms with Crippen LogP contribution in [0.1, 0.15) is 37.9 Å². The molecule has 1 aliphatic rings. The predicted octanol–water partition coefficient (Wildman–Crippen LogP) is 3.15. The van der Waals surface area contributed by atoms with E-state index in [2.05, 4.69) is 36.1 Å². The van der Waals surface area contributed by atoms with Crippen molar-refractivity contribution in [2.45, 2.75) is 38.3 Å². The highest BCUT2D eigenvalue weighted by Gasteiger charge is 2.42. The molecule has 3 aromatic rings. The Morgan fingerprint density at radius 2 is 1.96 bits per heavy atom. The number of halogens is 1. The number of aromatic nitrogens is 5. The zero-order valence-electron chi connectivity index (χ0n) is 14.9. The molecule has 0 amide bonds. The van der Waals surface area contributed by atoms with E-state index in [1.54, 1.807) is 16.4 Å². The van der Waals surface area contributed by atoms with Crippen LogP contribution in [0.2, 0.25) is 5.02 Å². The molecule has 1 fully saturated rings. The lowest BCUT2D eigenvalue weighted by Gasteiger charge is -2.35. The topological polar surface area (TPSA) is 76.7 Å². The predicted molar refractivity (Wildman–Crippen MR) is 104 cm³/mol. The Bertz CT molecular complexity index is 977. The van der Waals surface area contributed by atoms with E-state index in [4.69, 9.17) is 16.6 Å². The summed E-state index contributed by atoms with van der Waals surface area (Å²) in [7, 11) is 0. The van der Waals surface area contributed by atoms with Crippen LogP contribution in [0, 0.1) is 0 Å². The quantitative estimate of drug-likeness (QED) is 0.741. The minimum absolute atomic E-state index is 0.254. The Balaban J connectivity index is 1.88. The summed E-state index contributed by atoms with van der Waals surface area (Å²) in [5.74, 6) is 1.90. The third-order valence-electron chi connectivity index (χ3n) is 4.43. The minimum atomic E-state index is -0.961. The molecule has 4 rings (SSSR count). The van der Waals surface area contributed by atoms with Gasteiger partial charge in [-0.1, -0.05) is 55.8 Å². The summed E-state index contributed by atoms with van der Waals surface area (Å²) in [6.07, 6.45) is 0. The lowest BCUT2D eigenvalue weighted by Crippen LogP contribution is -2.41. The molecule has 6 nitrogen and oxygen atoms in total. The Labute approximate surface area is 161 Å². The molecule has 8 heteroatoms. The van der Waals surface area contributed by atoms with E-state index >= 15 is 0 Å². The zero-order valence-corrected chi connectivity index (χ0v) is 16.5. The van der Waals surface area contributed by atoms with Crippen LogP contribution in [-0.4, -0.2) is 41.6 Å². The Morgan fingerprint density at radius 3 is 2.58 bits per heavy atom. The summed E-state index contributed by atoms with van der Waals surface area (Å²) < 4.78 is 1.73. The molecule has 3 heterocycles. The smallest absolute Gasteiger partial charge is 0.182 e. The lowest BCUT2D eigenvalue weighted by molar-refractivity contribution is 0.0731. The van der Waals surface area contributed by atoms with E-state index < -0.39 is 5.60 Å². The number of hydrogen-bond acceptors (Lipinski definition) is 6. The number of rotatable bonds is 3. The summed E-state index contributed by atoms with van der Waals surface area (Å²) in [6, 6.07) is 7.65. The van der Waals surface area contributed by atoms with Crippen molar-refractivity contribution in [3.63, 3.8) is 0 Å². The molecular formula is C18H20ClN5OS. The maximum absolute atomic E-state index is 10.9. The van der Waals surface area contributed by atoms with E-state index in [-0.39, 0.29) is 5.41 Å². The molecule has 0 unspecified atom stereocenters. The Hall–Kier alpha value is -1.70. The Morgan fingerprint density at radius 1 is 1.23 bits per heavy atom. The maximum atomic E-state index is 10.9. The summed E-state index contributed by atoms with van der Waals surface area (Å²) in [4.78, 5) is 9.42. The van der Waals surface area contributed by atoms with Crippen molar-refractivity contribution < 1.29 is 5.11 Å². The molecule has 2 aromatic heterocycles. The first kappa shape index (κ1) is 17.7. The number of nitrogens with zero attached hydrogens (tertiary/aromatic N) is 5. The van der Waals surface area contributed by atoms with Gasteiger partial charge in [0.1, 0.15) is 17.1 Å². The van der Waals surface area contributed by atoms with Crippen LogP contribution in [0.3, 0.4) is 0 Å². The van der Waals surface area contributed by atoms with Gasteiger partial charge in [0.25, 0.3) is 0 Å². The first-order chi connectivity index (χ1) is 12.3. The molecule has 0 atom stereocenters. The van der Waals surface area contributed by atoms with E-state index in [1.807, 2.05) is 24.3 Å². The van der Waals surface area contributed by atoms with Gasteiger partial charge >= 0.3 is 0 Å². The molecule has 0 bridgehead atoms. The third-order valence-corrected chi connectivity index (χ3v) is 6.17.